The van der Waals surface area contributed by atoms with Crippen LogP contribution < -0.4 is 10.7 Å². The smallest absolute Gasteiger partial charge is 0.191 e. The maximum Gasteiger partial charge on any atom is 0.191 e. The highest BCUT2D eigenvalue weighted by molar-refractivity contribution is 7.80. The summed E-state index contributed by atoms with van der Waals surface area (Å²) >= 11 is 10.9. The van der Waals surface area contributed by atoms with E-state index in [0.29, 0.717) is 16.3 Å². The van der Waals surface area contributed by atoms with Gasteiger partial charge in [0, 0.05) is 10.6 Å². The quantitative estimate of drug-likeness (QED) is 0.519. The highest BCUT2D eigenvalue weighted by Gasteiger charge is 2.08. The Morgan fingerprint density at radius 2 is 2.00 bits per heavy atom. The molecule has 0 saturated carbocycles. The molecule has 0 bridgehead atoms. The molecule has 6 heteroatoms. The molecule has 4 nitrogen and oxygen atoms in total. The zero-order chi connectivity index (χ0) is 14.5. The van der Waals surface area contributed by atoms with E-state index in [1.54, 1.807) is 48.5 Å². The molecule has 2 aromatic rings. The molecule has 0 aliphatic heterocycles. The van der Waals surface area contributed by atoms with E-state index in [1.165, 1.54) is 11.2 Å². The van der Waals surface area contributed by atoms with Gasteiger partial charge in [-0.15, -0.1) is 0 Å². The first-order valence-corrected chi connectivity index (χ1v) is 6.53. The zero-order valence-corrected chi connectivity index (χ0v) is 12.0. The third-order valence-corrected chi connectivity index (χ3v) is 2.92. The lowest BCUT2D eigenvalue weighted by molar-refractivity contribution is 0.474. The van der Waals surface area contributed by atoms with E-state index in [-0.39, 0.29) is 10.9 Å². The summed E-state index contributed by atoms with van der Waals surface area (Å²) in [6.45, 7) is 0. The van der Waals surface area contributed by atoms with Gasteiger partial charge < -0.3 is 10.8 Å². The molecule has 3 N–H and O–H groups in total. The number of anilines is 1. The standard InChI is InChI=1S/C14H12ClN3OS/c15-11-5-3-6-12(8-11)18(14(16)20)17-9-10-4-1-2-7-13(10)19/h1-9,19H,(H2,16,20)/b17-9-. The molecule has 0 amide bonds. The normalized spacial score (nSPS) is 10.7. The Kier molecular flexibility index (Phi) is 4.55. The highest BCUT2D eigenvalue weighted by Crippen LogP contribution is 2.20. The van der Waals surface area contributed by atoms with E-state index in [4.69, 9.17) is 29.6 Å². The van der Waals surface area contributed by atoms with Crippen LogP contribution in [0.25, 0.3) is 0 Å². The molecule has 0 atom stereocenters. The van der Waals surface area contributed by atoms with Crippen molar-refractivity contribution in [1.82, 2.24) is 0 Å². The fraction of sp³-hybridized carbons (Fsp3) is 0. The summed E-state index contributed by atoms with van der Waals surface area (Å²) in [6.07, 6.45) is 1.48. The first-order chi connectivity index (χ1) is 9.58. The molecule has 0 aliphatic rings. The molecule has 0 fully saturated rings. The molecule has 2 aromatic carbocycles. The number of nitrogens with zero attached hydrogens (tertiary/aromatic N) is 2. The lowest BCUT2D eigenvalue weighted by Gasteiger charge is -2.16. The fourth-order valence-corrected chi connectivity index (χ4v) is 1.91. The first-order valence-electron chi connectivity index (χ1n) is 5.75. The van der Waals surface area contributed by atoms with Gasteiger partial charge in [0.2, 0.25) is 0 Å². The van der Waals surface area contributed by atoms with Crippen LogP contribution >= 0.6 is 23.8 Å². The Balaban J connectivity index is 2.31. The lowest BCUT2D eigenvalue weighted by Crippen LogP contribution is -2.30. The third-order valence-electron chi connectivity index (χ3n) is 2.51. The molecule has 0 aliphatic carbocycles. The van der Waals surface area contributed by atoms with Crippen molar-refractivity contribution in [2.24, 2.45) is 10.8 Å². The van der Waals surface area contributed by atoms with E-state index in [1.807, 2.05) is 0 Å². The molecule has 0 unspecified atom stereocenters. The number of rotatable bonds is 3. The zero-order valence-electron chi connectivity index (χ0n) is 10.4. The van der Waals surface area contributed by atoms with Gasteiger partial charge in [0.1, 0.15) is 5.75 Å². The minimum Gasteiger partial charge on any atom is -0.507 e. The van der Waals surface area contributed by atoms with Gasteiger partial charge in [0.25, 0.3) is 0 Å². The number of thiocarbonyl (C=S) groups is 1. The molecule has 0 spiro atoms. The molecule has 102 valence electrons. The SMILES string of the molecule is NC(=S)N(/N=C\c1ccccc1O)c1cccc(Cl)c1. The number of para-hydroxylation sites is 1. The largest absolute Gasteiger partial charge is 0.507 e. The predicted molar refractivity (Wildman–Crippen MR) is 86.4 cm³/mol. The second-order valence-corrected chi connectivity index (χ2v) is 4.79. The number of benzene rings is 2. The third kappa shape index (κ3) is 3.46. The van der Waals surface area contributed by atoms with E-state index in [2.05, 4.69) is 5.10 Å². The van der Waals surface area contributed by atoms with Gasteiger partial charge in [0.15, 0.2) is 5.11 Å². The summed E-state index contributed by atoms with van der Waals surface area (Å²) in [4.78, 5) is 0. The number of halogens is 1. The van der Waals surface area contributed by atoms with E-state index in [0.717, 1.165) is 0 Å². The van der Waals surface area contributed by atoms with Crippen LogP contribution in [0.4, 0.5) is 5.69 Å². The number of hydrazone groups is 1. The van der Waals surface area contributed by atoms with Gasteiger partial charge in [-0.1, -0.05) is 29.8 Å². The number of phenolic OH excluding ortho intramolecular Hbond substituents is 1. The Morgan fingerprint density at radius 3 is 2.65 bits per heavy atom. The summed E-state index contributed by atoms with van der Waals surface area (Å²) in [5, 5.41) is 15.9. The highest BCUT2D eigenvalue weighted by atomic mass is 35.5. The maximum atomic E-state index is 9.68. The summed E-state index contributed by atoms with van der Waals surface area (Å²) in [7, 11) is 0. The van der Waals surface area contributed by atoms with Crippen molar-refractivity contribution < 1.29 is 5.11 Å². The van der Waals surface area contributed by atoms with Gasteiger partial charge in [-0.05, 0) is 42.5 Å². The van der Waals surface area contributed by atoms with Crippen LogP contribution in [0.2, 0.25) is 5.02 Å². The van der Waals surface area contributed by atoms with Crippen LogP contribution in [0.3, 0.4) is 0 Å². The van der Waals surface area contributed by atoms with Crippen molar-refractivity contribution in [3.05, 3.63) is 59.1 Å². The number of hydrogen-bond acceptors (Lipinski definition) is 3. The molecular weight excluding hydrogens is 294 g/mol. The van der Waals surface area contributed by atoms with Gasteiger partial charge in [-0.2, -0.15) is 5.10 Å². The van der Waals surface area contributed by atoms with E-state index >= 15 is 0 Å². The molecule has 0 saturated heterocycles. The number of nitrogens with two attached hydrogens (primary N) is 1. The Labute approximate surface area is 127 Å². The summed E-state index contributed by atoms with van der Waals surface area (Å²) in [6, 6.07) is 13.8. The first kappa shape index (κ1) is 14.3. The average molecular weight is 306 g/mol. The maximum absolute atomic E-state index is 9.68. The van der Waals surface area contributed by atoms with Gasteiger partial charge in [-0.25, -0.2) is 5.01 Å². The van der Waals surface area contributed by atoms with E-state index in [9.17, 15) is 5.11 Å². The fourth-order valence-electron chi connectivity index (χ4n) is 1.58. The number of hydrogen-bond donors (Lipinski definition) is 2. The van der Waals surface area contributed by atoms with Crippen LogP contribution in [-0.2, 0) is 0 Å². The van der Waals surface area contributed by atoms with Crippen LogP contribution in [0.5, 0.6) is 5.75 Å². The molecular formula is C14H12ClN3OS. The monoisotopic (exact) mass is 305 g/mol. The van der Waals surface area contributed by atoms with Gasteiger partial charge in [-0.3, -0.25) is 0 Å². The minimum absolute atomic E-state index is 0.0823. The van der Waals surface area contributed by atoms with Crippen molar-refractivity contribution in [3.8, 4) is 5.75 Å². The number of aromatic hydroxyl groups is 1. The Bertz CT molecular complexity index is 660. The minimum atomic E-state index is 0.0823. The predicted octanol–water partition coefficient (Wildman–Crippen LogP) is 3.13. The molecule has 20 heavy (non-hydrogen) atoms. The number of phenols is 1. The van der Waals surface area contributed by atoms with Crippen molar-refractivity contribution in [3.63, 3.8) is 0 Å². The van der Waals surface area contributed by atoms with Gasteiger partial charge in [0.05, 0.1) is 11.9 Å². The summed E-state index contributed by atoms with van der Waals surface area (Å²) < 4.78 is 0. The molecule has 0 heterocycles. The molecule has 0 radical (unpaired) electrons. The van der Waals surface area contributed by atoms with Crippen LogP contribution in [0, 0.1) is 0 Å². The van der Waals surface area contributed by atoms with Crippen molar-refractivity contribution in [2.45, 2.75) is 0 Å². The Morgan fingerprint density at radius 1 is 1.25 bits per heavy atom. The van der Waals surface area contributed by atoms with Crippen molar-refractivity contribution in [2.75, 3.05) is 5.01 Å². The second kappa shape index (κ2) is 6.36. The second-order valence-electron chi connectivity index (χ2n) is 3.93. The summed E-state index contributed by atoms with van der Waals surface area (Å²) in [5.41, 5.74) is 6.87. The van der Waals surface area contributed by atoms with Crippen LogP contribution in [0.15, 0.2) is 53.6 Å². The molecule has 0 aromatic heterocycles. The van der Waals surface area contributed by atoms with Crippen molar-refractivity contribution >= 4 is 40.8 Å². The Hall–Kier alpha value is -2.11. The summed E-state index contributed by atoms with van der Waals surface area (Å²) in [5.74, 6) is 0.130. The average Bonchev–Trinajstić information content (AvgIpc) is 2.41. The van der Waals surface area contributed by atoms with Crippen LogP contribution in [-0.4, -0.2) is 16.4 Å². The lowest BCUT2D eigenvalue weighted by atomic mass is 10.2. The molecule has 2 rings (SSSR count). The van der Waals surface area contributed by atoms with E-state index < -0.39 is 0 Å². The topological polar surface area (TPSA) is 61.8 Å². The van der Waals surface area contributed by atoms with Crippen molar-refractivity contribution in [1.29, 1.82) is 0 Å². The van der Waals surface area contributed by atoms with Gasteiger partial charge >= 0.3 is 0 Å². The van der Waals surface area contributed by atoms with Crippen LogP contribution in [0.1, 0.15) is 5.56 Å².